The Balaban J connectivity index is 2.55. The molecule has 4 heteroatoms. The fraction of sp³-hybridized carbons (Fsp3) is 0.588. The second-order valence-electron chi connectivity index (χ2n) is 5.29. The van der Waals surface area contributed by atoms with Gasteiger partial charge >= 0.3 is 5.97 Å². The molecule has 0 aliphatic rings. The van der Waals surface area contributed by atoms with E-state index in [9.17, 15) is 4.79 Å². The van der Waals surface area contributed by atoms with Crippen LogP contribution >= 0.6 is 15.9 Å². The Morgan fingerprint density at radius 1 is 1.14 bits per heavy atom. The number of unbranched alkanes of at least 4 members (excludes halogenated alkanes) is 3. The van der Waals surface area contributed by atoms with Crippen LogP contribution in [0.3, 0.4) is 0 Å². The summed E-state index contributed by atoms with van der Waals surface area (Å²) in [6.07, 6.45) is 6.82. The Bertz CT molecular complexity index is 403. The van der Waals surface area contributed by atoms with E-state index in [4.69, 9.17) is 9.84 Å². The summed E-state index contributed by atoms with van der Waals surface area (Å²) >= 11 is 3.44. The van der Waals surface area contributed by atoms with Crippen LogP contribution in [0.2, 0.25) is 0 Å². The second kappa shape index (κ2) is 10.7. The van der Waals surface area contributed by atoms with E-state index >= 15 is 0 Å². The van der Waals surface area contributed by atoms with E-state index in [0.29, 0.717) is 12.3 Å². The molecule has 0 heterocycles. The molecule has 1 aromatic carbocycles. The molecular weight excluding hydrogens is 332 g/mol. The Kier molecular flexibility index (Phi) is 9.15. The number of methoxy groups -OCH3 is 1. The predicted octanol–water partition coefficient (Wildman–Crippen LogP) is 4.99. The Morgan fingerprint density at radius 3 is 2.38 bits per heavy atom. The molecule has 0 saturated heterocycles. The van der Waals surface area contributed by atoms with Gasteiger partial charge in [0, 0.05) is 11.8 Å². The molecule has 0 bridgehead atoms. The number of halogens is 1. The minimum atomic E-state index is -0.715. The van der Waals surface area contributed by atoms with Crippen LogP contribution in [0.4, 0.5) is 0 Å². The van der Waals surface area contributed by atoms with E-state index < -0.39 is 5.97 Å². The third-order valence-corrected chi connectivity index (χ3v) is 4.29. The first-order valence-electron chi connectivity index (χ1n) is 7.59. The standard InChI is InChI=1S/C17H25BrO3/c1-21-16-10-7-15(8-11-16)14(9-12-17(19)20)6-4-2-3-5-13-18/h7-8,10-11,14H,2-6,9,12-13H2,1H3,(H,19,20). The molecule has 118 valence electrons. The fourth-order valence-electron chi connectivity index (χ4n) is 2.49. The Hall–Kier alpha value is -1.03. The highest BCUT2D eigenvalue weighted by Gasteiger charge is 2.13. The zero-order valence-electron chi connectivity index (χ0n) is 12.7. The third kappa shape index (κ3) is 7.51. The van der Waals surface area contributed by atoms with E-state index in [-0.39, 0.29) is 6.42 Å². The number of carboxylic acids is 1. The largest absolute Gasteiger partial charge is 0.497 e. The molecule has 1 unspecified atom stereocenters. The first-order chi connectivity index (χ1) is 10.2. The lowest BCUT2D eigenvalue weighted by Crippen LogP contribution is -2.04. The van der Waals surface area contributed by atoms with E-state index in [1.165, 1.54) is 24.8 Å². The van der Waals surface area contributed by atoms with Crippen molar-refractivity contribution in [3.05, 3.63) is 29.8 Å². The molecular formula is C17H25BrO3. The van der Waals surface area contributed by atoms with Gasteiger partial charge in [0.2, 0.25) is 0 Å². The number of benzene rings is 1. The number of carboxylic acid groups (broad SMARTS) is 1. The molecule has 0 aliphatic carbocycles. The minimum absolute atomic E-state index is 0.234. The Morgan fingerprint density at radius 2 is 1.81 bits per heavy atom. The van der Waals surface area contributed by atoms with Crippen molar-refractivity contribution in [1.82, 2.24) is 0 Å². The number of aliphatic carboxylic acids is 1. The van der Waals surface area contributed by atoms with E-state index in [1.807, 2.05) is 12.1 Å². The van der Waals surface area contributed by atoms with Gasteiger partial charge in [-0.3, -0.25) is 4.79 Å². The average Bonchev–Trinajstić information content (AvgIpc) is 2.50. The summed E-state index contributed by atoms with van der Waals surface area (Å²) in [5.41, 5.74) is 1.22. The highest BCUT2D eigenvalue weighted by Crippen LogP contribution is 2.29. The number of carbonyl (C=O) groups is 1. The van der Waals surface area contributed by atoms with Gasteiger partial charge < -0.3 is 9.84 Å². The van der Waals surface area contributed by atoms with Gasteiger partial charge in [0.15, 0.2) is 0 Å². The lowest BCUT2D eigenvalue weighted by atomic mass is 9.89. The van der Waals surface area contributed by atoms with Crippen molar-refractivity contribution in [2.24, 2.45) is 0 Å². The maximum Gasteiger partial charge on any atom is 0.303 e. The first kappa shape index (κ1) is 18.0. The summed E-state index contributed by atoms with van der Waals surface area (Å²) in [5, 5.41) is 9.97. The molecule has 0 aliphatic heterocycles. The molecule has 21 heavy (non-hydrogen) atoms. The molecule has 0 spiro atoms. The van der Waals surface area contributed by atoms with Crippen molar-refractivity contribution in [1.29, 1.82) is 0 Å². The summed E-state index contributed by atoms with van der Waals surface area (Å²) in [5.74, 6) is 0.455. The fourth-order valence-corrected chi connectivity index (χ4v) is 2.89. The predicted molar refractivity (Wildman–Crippen MR) is 89.5 cm³/mol. The van der Waals surface area contributed by atoms with Crippen molar-refractivity contribution < 1.29 is 14.6 Å². The molecule has 0 fully saturated rings. The van der Waals surface area contributed by atoms with Crippen molar-refractivity contribution >= 4 is 21.9 Å². The van der Waals surface area contributed by atoms with E-state index in [0.717, 1.165) is 23.9 Å². The highest BCUT2D eigenvalue weighted by atomic mass is 79.9. The molecule has 0 amide bonds. The molecule has 0 radical (unpaired) electrons. The van der Waals surface area contributed by atoms with Crippen molar-refractivity contribution in [3.63, 3.8) is 0 Å². The van der Waals surface area contributed by atoms with Crippen molar-refractivity contribution in [2.75, 3.05) is 12.4 Å². The highest BCUT2D eigenvalue weighted by molar-refractivity contribution is 9.09. The van der Waals surface area contributed by atoms with Gasteiger partial charge in [0.25, 0.3) is 0 Å². The van der Waals surface area contributed by atoms with Crippen LogP contribution in [-0.4, -0.2) is 23.5 Å². The van der Waals surface area contributed by atoms with Gasteiger partial charge in [-0.25, -0.2) is 0 Å². The van der Waals surface area contributed by atoms with Gasteiger partial charge in [-0.1, -0.05) is 47.3 Å². The average molecular weight is 357 g/mol. The summed E-state index contributed by atoms with van der Waals surface area (Å²) < 4.78 is 5.17. The van der Waals surface area contributed by atoms with Gasteiger partial charge in [-0.2, -0.15) is 0 Å². The van der Waals surface area contributed by atoms with E-state index in [2.05, 4.69) is 28.1 Å². The molecule has 1 rings (SSSR count). The SMILES string of the molecule is COc1ccc(C(CCCCCCBr)CCC(=O)O)cc1. The maximum absolute atomic E-state index is 10.8. The van der Waals surface area contributed by atoms with Crippen molar-refractivity contribution in [2.45, 2.75) is 50.9 Å². The smallest absolute Gasteiger partial charge is 0.303 e. The van der Waals surface area contributed by atoms with Gasteiger partial charge in [-0.05, 0) is 42.9 Å². The second-order valence-corrected chi connectivity index (χ2v) is 6.09. The molecule has 0 saturated carbocycles. The zero-order valence-corrected chi connectivity index (χ0v) is 14.3. The lowest BCUT2D eigenvalue weighted by Gasteiger charge is -2.17. The third-order valence-electron chi connectivity index (χ3n) is 3.73. The topological polar surface area (TPSA) is 46.5 Å². The van der Waals surface area contributed by atoms with Crippen LogP contribution in [0, 0.1) is 0 Å². The summed E-state index contributed by atoms with van der Waals surface area (Å²) in [7, 11) is 1.65. The number of alkyl halides is 1. The van der Waals surface area contributed by atoms with Crippen molar-refractivity contribution in [3.8, 4) is 5.75 Å². The van der Waals surface area contributed by atoms with Crippen LogP contribution < -0.4 is 4.74 Å². The van der Waals surface area contributed by atoms with Gasteiger partial charge in [0.1, 0.15) is 5.75 Å². The molecule has 3 nitrogen and oxygen atoms in total. The molecule has 1 N–H and O–H groups in total. The number of hydrogen-bond acceptors (Lipinski definition) is 2. The van der Waals surface area contributed by atoms with Crippen LogP contribution in [0.5, 0.6) is 5.75 Å². The molecule has 1 atom stereocenters. The monoisotopic (exact) mass is 356 g/mol. The molecule has 0 aromatic heterocycles. The number of ether oxygens (including phenoxy) is 1. The van der Waals surface area contributed by atoms with Crippen LogP contribution in [0.1, 0.15) is 56.4 Å². The molecule has 1 aromatic rings. The van der Waals surface area contributed by atoms with Crippen LogP contribution in [0.15, 0.2) is 24.3 Å². The van der Waals surface area contributed by atoms with Crippen LogP contribution in [0.25, 0.3) is 0 Å². The normalized spacial score (nSPS) is 12.1. The van der Waals surface area contributed by atoms with Gasteiger partial charge in [-0.15, -0.1) is 0 Å². The summed E-state index contributed by atoms with van der Waals surface area (Å²) in [6.45, 7) is 0. The van der Waals surface area contributed by atoms with Crippen LogP contribution in [-0.2, 0) is 4.79 Å². The summed E-state index contributed by atoms with van der Waals surface area (Å²) in [4.78, 5) is 10.8. The maximum atomic E-state index is 10.8. The Labute approximate surface area is 135 Å². The number of hydrogen-bond donors (Lipinski definition) is 1. The zero-order chi connectivity index (χ0) is 15.5. The van der Waals surface area contributed by atoms with Gasteiger partial charge in [0.05, 0.1) is 7.11 Å². The minimum Gasteiger partial charge on any atom is -0.497 e. The number of rotatable bonds is 11. The quantitative estimate of drug-likeness (QED) is 0.448. The lowest BCUT2D eigenvalue weighted by molar-refractivity contribution is -0.137. The first-order valence-corrected chi connectivity index (χ1v) is 8.71. The summed E-state index contributed by atoms with van der Waals surface area (Å²) in [6, 6.07) is 8.02. The van der Waals surface area contributed by atoms with E-state index in [1.54, 1.807) is 7.11 Å².